The van der Waals surface area contributed by atoms with Gasteiger partial charge in [0.05, 0.1) is 10.9 Å². The first kappa shape index (κ1) is 25.2. The highest BCUT2D eigenvalue weighted by Crippen LogP contribution is 2.40. The summed E-state index contributed by atoms with van der Waals surface area (Å²) in [6, 6.07) is 32.8. The van der Waals surface area contributed by atoms with Gasteiger partial charge in [-0.3, -0.25) is 4.79 Å². The van der Waals surface area contributed by atoms with Crippen molar-refractivity contribution < 1.29 is 27.1 Å². The maximum absolute atomic E-state index is 14.2. The van der Waals surface area contributed by atoms with E-state index in [1.807, 2.05) is 54.6 Å². The third kappa shape index (κ3) is 5.01. The van der Waals surface area contributed by atoms with Gasteiger partial charge in [-0.1, -0.05) is 72.8 Å². The first-order chi connectivity index (χ1) is 19.4. The molecule has 0 fully saturated rings. The smallest absolute Gasteiger partial charge is 0.450 e. The van der Waals surface area contributed by atoms with Gasteiger partial charge < -0.3 is 13.9 Å². The summed E-state index contributed by atoms with van der Waals surface area (Å²) in [5.41, 5.74) is -0.529. The summed E-state index contributed by atoms with van der Waals surface area (Å²) in [7, 11) is 0. The molecule has 0 aliphatic carbocycles. The summed E-state index contributed by atoms with van der Waals surface area (Å²) in [6.07, 6.45) is -4.89. The van der Waals surface area contributed by atoms with E-state index in [2.05, 4.69) is 0 Å². The highest BCUT2D eigenvalue weighted by molar-refractivity contribution is 5.98. The van der Waals surface area contributed by atoms with Crippen LogP contribution < -0.4 is 14.9 Å². The average Bonchev–Trinajstić information content (AvgIpc) is 2.96. The highest BCUT2D eigenvalue weighted by Gasteiger charge is 2.39. The van der Waals surface area contributed by atoms with Gasteiger partial charge in [0.1, 0.15) is 29.4 Å². The van der Waals surface area contributed by atoms with Crippen molar-refractivity contribution in [2.24, 2.45) is 0 Å². The van der Waals surface area contributed by atoms with E-state index in [1.54, 1.807) is 42.5 Å². The molecule has 0 bridgehead atoms. The lowest BCUT2D eigenvalue weighted by Crippen LogP contribution is -2.16. The van der Waals surface area contributed by atoms with E-state index in [9.17, 15) is 18.0 Å². The van der Waals surface area contributed by atoms with Crippen LogP contribution in [0.4, 0.5) is 13.2 Å². The monoisotopic (exact) mass is 538 g/mol. The van der Waals surface area contributed by atoms with Gasteiger partial charge in [0.25, 0.3) is 0 Å². The number of para-hydroxylation sites is 1. The Bertz CT molecular complexity index is 1890. The molecule has 0 unspecified atom stereocenters. The first-order valence-corrected chi connectivity index (χ1v) is 12.5. The Morgan fingerprint density at radius 3 is 2.23 bits per heavy atom. The third-order valence-corrected chi connectivity index (χ3v) is 6.46. The second kappa shape index (κ2) is 10.3. The fourth-order valence-corrected chi connectivity index (χ4v) is 4.64. The molecule has 0 spiro atoms. The number of fused-ring (bicyclic) bond motifs is 2. The van der Waals surface area contributed by atoms with Crippen molar-refractivity contribution in [2.75, 3.05) is 0 Å². The Kier molecular flexibility index (Phi) is 6.48. The van der Waals surface area contributed by atoms with E-state index in [1.165, 1.54) is 18.2 Å². The number of alkyl halides is 3. The molecule has 6 aromatic rings. The number of rotatable bonds is 6. The van der Waals surface area contributed by atoms with Crippen molar-refractivity contribution in [3.05, 3.63) is 137 Å². The average molecular weight is 539 g/mol. The van der Waals surface area contributed by atoms with Crippen LogP contribution in [0.1, 0.15) is 11.3 Å². The zero-order chi connectivity index (χ0) is 27.7. The Balaban J connectivity index is 1.34. The predicted octanol–water partition coefficient (Wildman–Crippen LogP) is 9.00. The van der Waals surface area contributed by atoms with E-state index in [-0.39, 0.29) is 28.9 Å². The quantitative estimate of drug-likeness (QED) is 0.212. The van der Waals surface area contributed by atoms with Crippen molar-refractivity contribution in [3.8, 4) is 28.4 Å². The normalized spacial score (nSPS) is 11.6. The van der Waals surface area contributed by atoms with Crippen LogP contribution in [0.2, 0.25) is 0 Å². The summed E-state index contributed by atoms with van der Waals surface area (Å²) in [5.74, 6) is 0.224. The minimum absolute atomic E-state index is 0.0292. The molecule has 4 nitrogen and oxygen atoms in total. The first-order valence-electron chi connectivity index (χ1n) is 12.5. The summed E-state index contributed by atoms with van der Waals surface area (Å²) < 4.78 is 59.8. The molecule has 1 aromatic heterocycles. The topological polar surface area (TPSA) is 48.7 Å². The minimum Gasteiger partial charge on any atom is -0.489 e. The number of halogens is 3. The van der Waals surface area contributed by atoms with Crippen LogP contribution in [0.25, 0.3) is 32.9 Å². The molecule has 40 heavy (non-hydrogen) atoms. The summed E-state index contributed by atoms with van der Waals surface area (Å²) >= 11 is 0. The molecule has 7 heteroatoms. The fraction of sp³-hybridized carbons (Fsp3) is 0.0606. The van der Waals surface area contributed by atoms with Crippen molar-refractivity contribution in [2.45, 2.75) is 12.8 Å². The van der Waals surface area contributed by atoms with Crippen LogP contribution in [0, 0.1) is 0 Å². The number of benzene rings is 5. The molecule has 1 heterocycles. The molecular formula is C33H21F3O4. The number of hydrogen-bond donors (Lipinski definition) is 0. The summed E-state index contributed by atoms with van der Waals surface area (Å²) in [6.45, 7) is 0.127. The second-order valence-electron chi connectivity index (χ2n) is 9.17. The second-order valence-corrected chi connectivity index (χ2v) is 9.17. The van der Waals surface area contributed by atoms with E-state index in [4.69, 9.17) is 13.9 Å². The van der Waals surface area contributed by atoms with Crippen molar-refractivity contribution in [1.82, 2.24) is 0 Å². The Hall–Kier alpha value is -5.04. The molecule has 0 saturated carbocycles. The molecule has 0 radical (unpaired) electrons. The Morgan fingerprint density at radius 1 is 0.675 bits per heavy atom. The van der Waals surface area contributed by atoms with Crippen LogP contribution in [0.15, 0.2) is 124 Å². The van der Waals surface area contributed by atoms with E-state index in [0.29, 0.717) is 16.9 Å². The lowest BCUT2D eigenvalue weighted by molar-refractivity contribution is -0.152. The standard InChI is InChI=1S/C33H21F3O4/c34-33(35,36)32-30(27-15-7-10-22-9-4-5-14-26(22)27)31(37)28-17-16-24(19-29(28)40-32)38-20-21-8-6-13-25(18-21)39-23-11-2-1-3-12-23/h1-19H,20H2. The van der Waals surface area contributed by atoms with Gasteiger partial charge in [0, 0.05) is 6.07 Å². The zero-order valence-electron chi connectivity index (χ0n) is 20.9. The van der Waals surface area contributed by atoms with Gasteiger partial charge in [-0.15, -0.1) is 0 Å². The molecule has 0 atom stereocenters. The SMILES string of the molecule is O=c1c(-c2cccc3ccccc23)c(C(F)(F)F)oc2cc(OCc3cccc(Oc4ccccc4)c3)ccc12. The molecule has 0 aliphatic rings. The largest absolute Gasteiger partial charge is 0.489 e. The zero-order valence-corrected chi connectivity index (χ0v) is 20.9. The Labute approximate surface area is 226 Å². The number of hydrogen-bond acceptors (Lipinski definition) is 4. The van der Waals surface area contributed by atoms with Crippen molar-refractivity contribution >= 4 is 21.7 Å². The van der Waals surface area contributed by atoms with Crippen LogP contribution in [-0.2, 0) is 12.8 Å². The molecule has 0 amide bonds. The lowest BCUT2D eigenvalue weighted by Gasteiger charge is -2.15. The maximum Gasteiger partial charge on any atom is 0.450 e. The lowest BCUT2D eigenvalue weighted by atomic mass is 9.96. The number of ether oxygens (including phenoxy) is 2. The van der Waals surface area contributed by atoms with E-state index < -0.39 is 22.9 Å². The van der Waals surface area contributed by atoms with Crippen molar-refractivity contribution in [1.29, 1.82) is 0 Å². The van der Waals surface area contributed by atoms with Gasteiger partial charge >= 0.3 is 6.18 Å². The van der Waals surface area contributed by atoms with Gasteiger partial charge in [-0.2, -0.15) is 13.2 Å². The van der Waals surface area contributed by atoms with Crippen molar-refractivity contribution in [3.63, 3.8) is 0 Å². The Morgan fingerprint density at radius 2 is 1.40 bits per heavy atom. The molecule has 6 rings (SSSR count). The summed E-state index contributed by atoms with van der Waals surface area (Å²) in [5, 5.41) is 1.27. The van der Waals surface area contributed by atoms with Crippen LogP contribution >= 0.6 is 0 Å². The van der Waals surface area contributed by atoms with E-state index >= 15 is 0 Å². The van der Waals surface area contributed by atoms with Crippen LogP contribution in [-0.4, -0.2) is 0 Å². The van der Waals surface area contributed by atoms with Gasteiger partial charge in [0.2, 0.25) is 11.2 Å². The van der Waals surface area contributed by atoms with Gasteiger partial charge in [-0.25, -0.2) is 0 Å². The highest BCUT2D eigenvalue weighted by atomic mass is 19.4. The van der Waals surface area contributed by atoms with Crippen LogP contribution in [0.5, 0.6) is 17.2 Å². The van der Waals surface area contributed by atoms with E-state index in [0.717, 1.165) is 10.9 Å². The summed E-state index contributed by atoms with van der Waals surface area (Å²) in [4.78, 5) is 13.5. The van der Waals surface area contributed by atoms with Gasteiger partial charge in [-0.05, 0) is 58.3 Å². The van der Waals surface area contributed by atoms with Crippen LogP contribution in [0.3, 0.4) is 0 Å². The molecule has 5 aromatic carbocycles. The minimum atomic E-state index is -4.89. The molecule has 0 aliphatic heterocycles. The predicted molar refractivity (Wildman–Crippen MR) is 148 cm³/mol. The maximum atomic E-state index is 14.2. The third-order valence-electron chi connectivity index (χ3n) is 6.46. The molecule has 198 valence electrons. The molecular weight excluding hydrogens is 517 g/mol. The molecule has 0 N–H and O–H groups in total. The van der Waals surface area contributed by atoms with Gasteiger partial charge in [0.15, 0.2) is 0 Å². The fourth-order valence-electron chi connectivity index (χ4n) is 4.64. The molecule has 0 saturated heterocycles.